The summed E-state index contributed by atoms with van der Waals surface area (Å²) in [5.41, 5.74) is 7.70. The first-order valence-electron chi connectivity index (χ1n) is 8.24. The highest BCUT2D eigenvalue weighted by Gasteiger charge is 2.14. The molecule has 0 radical (unpaired) electrons. The van der Waals surface area contributed by atoms with Crippen molar-refractivity contribution < 1.29 is 4.79 Å². The molecule has 1 heterocycles. The van der Waals surface area contributed by atoms with E-state index in [1.165, 1.54) is 0 Å². The highest BCUT2D eigenvalue weighted by Crippen LogP contribution is 2.12. The SMILES string of the molecule is CCN1CCN(CCNC(=O)CCc2ccccc2N)CC1.Cl.Cl.Cl. The number of likely N-dealkylation sites (N-methyl/N-ethyl adjacent to an activating group) is 1. The van der Waals surface area contributed by atoms with E-state index in [0.29, 0.717) is 12.8 Å². The van der Waals surface area contributed by atoms with Gasteiger partial charge < -0.3 is 16.0 Å². The molecule has 1 aromatic carbocycles. The Labute approximate surface area is 169 Å². The zero-order valence-corrected chi connectivity index (χ0v) is 17.2. The van der Waals surface area contributed by atoms with Crippen LogP contribution in [0.3, 0.4) is 0 Å². The summed E-state index contributed by atoms with van der Waals surface area (Å²) < 4.78 is 0. The second kappa shape index (κ2) is 14.4. The Balaban J connectivity index is 0. The number of hydrogen-bond donors (Lipinski definition) is 2. The standard InChI is InChI=1S/C17H28N4O.3ClH/c1-2-20-11-13-21(14-12-20)10-9-19-17(22)8-7-15-5-3-4-6-16(15)18;;;/h3-6H,2,7-14,18H2,1H3,(H,19,22);3*1H. The number of rotatable bonds is 7. The fourth-order valence-corrected chi connectivity index (χ4v) is 2.78. The third kappa shape index (κ3) is 9.52. The molecular weight excluding hydrogens is 383 g/mol. The largest absolute Gasteiger partial charge is 0.399 e. The number of anilines is 1. The maximum Gasteiger partial charge on any atom is 0.220 e. The highest BCUT2D eigenvalue weighted by molar-refractivity contribution is 5.86. The molecule has 8 heteroatoms. The molecule has 0 atom stereocenters. The molecular formula is C17H31Cl3N4O. The maximum absolute atomic E-state index is 11.9. The average Bonchev–Trinajstić information content (AvgIpc) is 2.55. The van der Waals surface area contributed by atoms with Gasteiger partial charge in [0.2, 0.25) is 5.91 Å². The number of nitrogens with two attached hydrogens (primary N) is 1. The molecule has 146 valence electrons. The molecule has 0 aromatic heterocycles. The van der Waals surface area contributed by atoms with Gasteiger partial charge in [-0.1, -0.05) is 25.1 Å². The van der Waals surface area contributed by atoms with Gasteiger partial charge in [0.1, 0.15) is 0 Å². The Morgan fingerprint density at radius 2 is 1.68 bits per heavy atom. The minimum absolute atomic E-state index is 0. The number of nitrogens with one attached hydrogen (secondary N) is 1. The first-order chi connectivity index (χ1) is 10.7. The molecule has 1 fully saturated rings. The number of benzene rings is 1. The molecule has 0 aliphatic carbocycles. The number of hydrogen-bond acceptors (Lipinski definition) is 4. The van der Waals surface area contributed by atoms with Crippen LogP contribution in [-0.2, 0) is 11.2 Å². The zero-order chi connectivity index (χ0) is 15.8. The van der Waals surface area contributed by atoms with Crippen LogP contribution >= 0.6 is 37.2 Å². The third-order valence-corrected chi connectivity index (χ3v) is 4.34. The minimum Gasteiger partial charge on any atom is -0.399 e. The molecule has 25 heavy (non-hydrogen) atoms. The first-order valence-corrected chi connectivity index (χ1v) is 8.24. The van der Waals surface area contributed by atoms with Crippen LogP contribution in [0.2, 0.25) is 0 Å². The molecule has 1 amide bonds. The van der Waals surface area contributed by atoms with Gasteiger partial charge in [0.05, 0.1) is 0 Å². The van der Waals surface area contributed by atoms with E-state index in [0.717, 1.165) is 57.1 Å². The summed E-state index contributed by atoms with van der Waals surface area (Å²) in [6.45, 7) is 9.48. The normalized spacial score (nSPS) is 14.6. The number of nitrogen functional groups attached to an aromatic ring is 1. The quantitative estimate of drug-likeness (QED) is 0.673. The van der Waals surface area contributed by atoms with Gasteiger partial charge in [0.25, 0.3) is 0 Å². The van der Waals surface area contributed by atoms with Gasteiger partial charge in [-0.05, 0) is 24.6 Å². The Kier molecular flexibility index (Phi) is 15.3. The van der Waals surface area contributed by atoms with Crippen LogP contribution in [0, 0.1) is 0 Å². The second-order valence-electron chi connectivity index (χ2n) is 5.82. The molecule has 0 bridgehead atoms. The predicted octanol–water partition coefficient (Wildman–Crippen LogP) is 2.22. The summed E-state index contributed by atoms with van der Waals surface area (Å²) in [4.78, 5) is 16.8. The van der Waals surface area contributed by atoms with Crippen LogP contribution in [0.1, 0.15) is 18.9 Å². The Morgan fingerprint density at radius 1 is 1.08 bits per heavy atom. The number of halogens is 3. The van der Waals surface area contributed by atoms with Crippen molar-refractivity contribution in [3.05, 3.63) is 29.8 Å². The first kappa shape index (κ1) is 26.5. The lowest BCUT2D eigenvalue weighted by molar-refractivity contribution is -0.121. The minimum atomic E-state index is 0. The maximum atomic E-state index is 11.9. The molecule has 0 saturated carbocycles. The molecule has 1 aliphatic heterocycles. The van der Waals surface area contributed by atoms with E-state index < -0.39 is 0 Å². The van der Waals surface area contributed by atoms with Crippen molar-refractivity contribution in [2.75, 3.05) is 51.5 Å². The number of carbonyl (C=O) groups excluding carboxylic acids is 1. The molecule has 0 spiro atoms. The van der Waals surface area contributed by atoms with Gasteiger partial charge in [0.15, 0.2) is 0 Å². The summed E-state index contributed by atoms with van der Waals surface area (Å²) in [6.07, 6.45) is 1.20. The number of para-hydroxylation sites is 1. The molecule has 1 aromatic rings. The second-order valence-corrected chi connectivity index (χ2v) is 5.82. The number of amides is 1. The summed E-state index contributed by atoms with van der Waals surface area (Å²) in [6, 6.07) is 7.73. The molecule has 2 rings (SSSR count). The van der Waals surface area contributed by atoms with Gasteiger partial charge in [-0.3, -0.25) is 9.69 Å². The lowest BCUT2D eigenvalue weighted by Crippen LogP contribution is -2.48. The van der Waals surface area contributed by atoms with E-state index in [1.807, 2.05) is 24.3 Å². The number of piperazine rings is 1. The summed E-state index contributed by atoms with van der Waals surface area (Å²) >= 11 is 0. The average molecular weight is 414 g/mol. The monoisotopic (exact) mass is 412 g/mol. The van der Waals surface area contributed by atoms with Crippen LogP contribution in [0.4, 0.5) is 5.69 Å². The lowest BCUT2D eigenvalue weighted by atomic mass is 10.1. The fourth-order valence-electron chi connectivity index (χ4n) is 2.78. The number of carbonyl (C=O) groups is 1. The Hall–Kier alpha value is -0.720. The van der Waals surface area contributed by atoms with E-state index in [1.54, 1.807) is 0 Å². The summed E-state index contributed by atoms with van der Waals surface area (Å²) in [5, 5.41) is 3.01. The molecule has 3 N–H and O–H groups in total. The van der Waals surface area contributed by atoms with Crippen LogP contribution in [0.15, 0.2) is 24.3 Å². The van der Waals surface area contributed by atoms with Crippen molar-refractivity contribution in [3.63, 3.8) is 0 Å². The van der Waals surface area contributed by atoms with Gasteiger partial charge in [-0.15, -0.1) is 37.2 Å². The van der Waals surface area contributed by atoms with E-state index in [9.17, 15) is 4.79 Å². The number of aryl methyl sites for hydroxylation is 1. The van der Waals surface area contributed by atoms with Crippen molar-refractivity contribution >= 4 is 48.8 Å². The Bertz CT molecular complexity index is 483. The van der Waals surface area contributed by atoms with Crippen LogP contribution in [-0.4, -0.2) is 61.5 Å². The van der Waals surface area contributed by atoms with Gasteiger partial charge >= 0.3 is 0 Å². The molecule has 5 nitrogen and oxygen atoms in total. The van der Waals surface area contributed by atoms with E-state index >= 15 is 0 Å². The van der Waals surface area contributed by atoms with Crippen molar-refractivity contribution in [3.8, 4) is 0 Å². The predicted molar refractivity (Wildman–Crippen MR) is 112 cm³/mol. The van der Waals surface area contributed by atoms with Crippen molar-refractivity contribution in [1.29, 1.82) is 0 Å². The highest BCUT2D eigenvalue weighted by atomic mass is 35.5. The van der Waals surface area contributed by atoms with E-state index in [4.69, 9.17) is 5.73 Å². The molecule has 1 aliphatic rings. The fraction of sp³-hybridized carbons (Fsp3) is 0.588. The molecule has 1 saturated heterocycles. The summed E-state index contributed by atoms with van der Waals surface area (Å²) in [7, 11) is 0. The zero-order valence-electron chi connectivity index (χ0n) is 14.8. The van der Waals surface area contributed by atoms with Gasteiger partial charge in [-0.25, -0.2) is 0 Å². The van der Waals surface area contributed by atoms with E-state index in [-0.39, 0.29) is 43.1 Å². The van der Waals surface area contributed by atoms with Crippen molar-refractivity contribution in [2.45, 2.75) is 19.8 Å². The lowest BCUT2D eigenvalue weighted by Gasteiger charge is -2.33. The van der Waals surface area contributed by atoms with Crippen molar-refractivity contribution in [1.82, 2.24) is 15.1 Å². The smallest absolute Gasteiger partial charge is 0.220 e. The van der Waals surface area contributed by atoms with Crippen LogP contribution in [0.5, 0.6) is 0 Å². The summed E-state index contributed by atoms with van der Waals surface area (Å²) in [5.74, 6) is 0.107. The molecule has 0 unspecified atom stereocenters. The van der Waals surface area contributed by atoms with Crippen LogP contribution in [0.25, 0.3) is 0 Å². The Morgan fingerprint density at radius 3 is 2.28 bits per heavy atom. The topological polar surface area (TPSA) is 61.6 Å². The number of nitrogens with zero attached hydrogens (tertiary/aromatic N) is 2. The van der Waals surface area contributed by atoms with Crippen molar-refractivity contribution in [2.24, 2.45) is 0 Å². The van der Waals surface area contributed by atoms with Crippen LogP contribution < -0.4 is 11.1 Å². The van der Waals surface area contributed by atoms with Gasteiger partial charge in [0, 0.05) is 51.4 Å². The van der Waals surface area contributed by atoms with Gasteiger partial charge in [-0.2, -0.15) is 0 Å². The third-order valence-electron chi connectivity index (χ3n) is 4.34. The van der Waals surface area contributed by atoms with E-state index in [2.05, 4.69) is 22.0 Å².